The predicted octanol–water partition coefficient (Wildman–Crippen LogP) is 0.628. The van der Waals surface area contributed by atoms with E-state index in [1.807, 2.05) is 12.1 Å². The van der Waals surface area contributed by atoms with E-state index in [-0.39, 0.29) is 57.1 Å². The fourth-order valence-electron chi connectivity index (χ4n) is 1.09. The van der Waals surface area contributed by atoms with Crippen molar-refractivity contribution in [2.24, 2.45) is 0 Å². The Hall–Kier alpha value is -0.334. The van der Waals surface area contributed by atoms with Crippen molar-refractivity contribution in [1.29, 1.82) is 0 Å². The van der Waals surface area contributed by atoms with Crippen molar-refractivity contribution in [3.8, 4) is 5.75 Å². The molecule has 0 saturated carbocycles. The summed E-state index contributed by atoms with van der Waals surface area (Å²) in [5.41, 5.74) is 3.14. The molecule has 1 radical (unpaired) electrons. The van der Waals surface area contributed by atoms with Crippen LogP contribution >= 0.6 is 0 Å². The van der Waals surface area contributed by atoms with Crippen LogP contribution in [0.25, 0.3) is 6.08 Å². The van der Waals surface area contributed by atoms with Crippen molar-refractivity contribution in [1.82, 2.24) is 5.48 Å². The number of hydroxylamine groups is 1. The summed E-state index contributed by atoms with van der Waals surface area (Å²) in [6.07, 6.45) is 1.53. The van der Waals surface area contributed by atoms with Gasteiger partial charge in [0.2, 0.25) is 0 Å². The van der Waals surface area contributed by atoms with E-state index in [4.69, 9.17) is 9.94 Å². The minimum absolute atomic E-state index is 0. The van der Waals surface area contributed by atoms with Crippen LogP contribution in [0.2, 0.25) is 0 Å². The van der Waals surface area contributed by atoms with Crippen molar-refractivity contribution in [3.63, 3.8) is 0 Å². The van der Waals surface area contributed by atoms with Crippen molar-refractivity contribution in [2.45, 2.75) is 0 Å². The summed E-state index contributed by atoms with van der Waals surface area (Å²) in [6.45, 7) is 0. The van der Waals surface area contributed by atoms with Gasteiger partial charge >= 0.3 is 5.97 Å². The third-order valence-corrected chi connectivity index (χ3v) is 1.72. The largest absolute Gasteiger partial charge is 0.476 e. The second-order valence-electron chi connectivity index (χ2n) is 2.61. The van der Waals surface area contributed by atoms with E-state index < -0.39 is 5.97 Å². The third-order valence-electron chi connectivity index (χ3n) is 1.72. The predicted molar refractivity (Wildman–Crippen MR) is 51.6 cm³/mol. The Balaban J connectivity index is 0.000000980. The Kier molecular flexibility index (Phi) is 4.15. The van der Waals surface area contributed by atoms with Crippen LogP contribution in [0.1, 0.15) is 5.56 Å². The monoisotopic (exact) mass is 216 g/mol. The molecule has 1 aromatic carbocycles. The molecule has 1 aliphatic rings. The standard InChI is InChI=1S/C9H7NO3.K/c11-9(12)7-5-6-3-1-2-4-8(6)13-10-7;/h1-5,10H,(H,11,12);. The summed E-state index contributed by atoms with van der Waals surface area (Å²) in [5.74, 6) is -0.401. The van der Waals surface area contributed by atoms with E-state index >= 15 is 0 Å². The number of carboxylic acid groups (broad SMARTS) is 1. The molecule has 5 heteroatoms. The van der Waals surface area contributed by atoms with Crippen LogP contribution in [0, 0.1) is 0 Å². The summed E-state index contributed by atoms with van der Waals surface area (Å²) in [4.78, 5) is 15.6. The molecule has 0 aliphatic carbocycles. The van der Waals surface area contributed by atoms with Gasteiger partial charge in [-0.15, -0.1) is 0 Å². The second kappa shape index (κ2) is 4.95. The molecule has 2 N–H and O–H groups in total. The van der Waals surface area contributed by atoms with Crippen molar-refractivity contribution >= 4 is 63.4 Å². The van der Waals surface area contributed by atoms with E-state index in [0.29, 0.717) is 5.75 Å². The molecule has 1 aromatic rings. The molecule has 1 heterocycles. The topological polar surface area (TPSA) is 58.6 Å². The van der Waals surface area contributed by atoms with Gasteiger partial charge in [-0.05, 0) is 12.1 Å². The van der Waals surface area contributed by atoms with Crippen LogP contribution in [0.15, 0.2) is 30.0 Å². The molecule has 0 bridgehead atoms. The summed E-state index contributed by atoms with van der Waals surface area (Å²) in [5, 5.41) is 8.65. The average Bonchev–Trinajstić information content (AvgIpc) is 2.17. The maximum atomic E-state index is 10.6. The summed E-state index contributed by atoms with van der Waals surface area (Å²) in [6, 6.07) is 7.19. The number of nitrogens with one attached hydrogen (secondary N) is 1. The molecule has 1 aliphatic heterocycles. The van der Waals surface area contributed by atoms with E-state index in [9.17, 15) is 4.79 Å². The number of aliphatic carboxylic acids is 1. The number of benzene rings is 1. The number of para-hydroxylation sites is 1. The van der Waals surface area contributed by atoms with Crippen LogP contribution in [0.5, 0.6) is 5.75 Å². The Labute approximate surface area is 123 Å². The van der Waals surface area contributed by atoms with Crippen molar-refractivity contribution in [2.75, 3.05) is 0 Å². The van der Waals surface area contributed by atoms with Gasteiger partial charge in [0.1, 0.15) is 0 Å². The van der Waals surface area contributed by atoms with Gasteiger partial charge in [0, 0.05) is 56.9 Å². The Bertz CT molecular complexity index is 389. The molecule has 2 rings (SSSR count). The van der Waals surface area contributed by atoms with Gasteiger partial charge in [0.25, 0.3) is 0 Å². The smallest absolute Gasteiger partial charge is 0.355 e. The third kappa shape index (κ3) is 2.37. The minimum Gasteiger partial charge on any atom is -0.476 e. The maximum absolute atomic E-state index is 10.6. The molecule has 4 nitrogen and oxygen atoms in total. The van der Waals surface area contributed by atoms with Crippen LogP contribution in [0.4, 0.5) is 0 Å². The van der Waals surface area contributed by atoms with E-state index in [1.165, 1.54) is 6.08 Å². The number of hydrogen-bond donors (Lipinski definition) is 2. The number of hydrogen-bond acceptors (Lipinski definition) is 3. The van der Waals surface area contributed by atoms with Gasteiger partial charge in [-0.25, -0.2) is 10.3 Å². The molecule has 14 heavy (non-hydrogen) atoms. The van der Waals surface area contributed by atoms with Gasteiger partial charge in [-0.2, -0.15) is 0 Å². The molecule has 0 aromatic heterocycles. The molecule has 0 amide bonds. The van der Waals surface area contributed by atoms with Crippen LogP contribution in [0.3, 0.4) is 0 Å². The van der Waals surface area contributed by atoms with Crippen LogP contribution < -0.4 is 10.3 Å². The number of carbonyl (C=O) groups is 1. The van der Waals surface area contributed by atoms with Gasteiger partial charge in [-0.1, -0.05) is 18.2 Å². The zero-order valence-corrected chi connectivity index (χ0v) is 10.8. The van der Waals surface area contributed by atoms with E-state index in [0.717, 1.165) is 5.56 Å². The Morgan fingerprint density at radius 1 is 1.36 bits per heavy atom. The van der Waals surface area contributed by atoms with E-state index in [1.54, 1.807) is 12.1 Å². The summed E-state index contributed by atoms with van der Waals surface area (Å²) < 4.78 is 0. The van der Waals surface area contributed by atoms with Crippen molar-refractivity contribution in [3.05, 3.63) is 35.5 Å². The Morgan fingerprint density at radius 3 is 2.79 bits per heavy atom. The maximum Gasteiger partial charge on any atom is 0.355 e. The zero-order valence-electron chi connectivity index (χ0n) is 7.65. The quantitative estimate of drug-likeness (QED) is 0.676. The van der Waals surface area contributed by atoms with Gasteiger partial charge in [-0.3, -0.25) is 0 Å². The molecule has 0 saturated heterocycles. The SMILES string of the molecule is O=C(O)C1=Cc2ccccc2ON1.[K]. The molecule has 0 fully saturated rings. The minimum atomic E-state index is -1.03. The number of rotatable bonds is 1. The Morgan fingerprint density at radius 2 is 2.07 bits per heavy atom. The average molecular weight is 216 g/mol. The molecule has 0 spiro atoms. The fourth-order valence-corrected chi connectivity index (χ4v) is 1.09. The van der Waals surface area contributed by atoms with Gasteiger partial charge in [0.05, 0.1) is 0 Å². The molecular weight excluding hydrogens is 209 g/mol. The first-order valence-electron chi connectivity index (χ1n) is 3.74. The molecule has 0 unspecified atom stereocenters. The van der Waals surface area contributed by atoms with Crippen LogP contribution in [-0.4, -0.2) is 62.5 Å². The van der Waals surface area contributed by atoms with Gasteiger partial charge in [0.15, 0.2) is 11.4 Å². The first-order chi connectivity index (χ1) is 6.27. The molecular formula is C9H7KNO3. The normalized spacial score (nSPS) is 12.4. The first kappa shape index (κ1) is 11.7. The van der Waals surface area contributed by atoms with Crippen molar-refractivity contribution < 1.29 is 14.7 Å². The fraction of sp³-hybridized carbons (Fsp3) is 0. The first-order valence-corrected chi connectivity index (χ1v) is 3.74. The van der Waals surface area contributed by atoms with Crippen LogP contribution in [-0.2, 0) is 4.79 Å². The zero-order chi connectivity index (χ0) is 9.26. The van der Waals surface area contributed by atoms with E-state index in [2.05, 4.69) is 5.48 Å². The summed E-state index contributed by atoms with van der Waals surface area (Å²) >= 11 is 0. The number of fused-ring (bicyclic) bond motifs is 1. The summed E-state index contributed by atoms with van der Waals surface area (Å²) in [7, 11) is 0. The number of carboxylic acids is 1. The second-order valence-corrected chi connectivity index (χ2v) is 2.61. The molecule has 0 atom stereocenters. The molecule has 67 valence electrons. The van der Waals surface area contributed by atoms with Gasteiger partial charge < -0.3 is 9.94 Å².